The average molecular weight is 250 g/mol. The number of aliphatic hydroxyl groups is 2. The summed E-state index contributed by atoms with van der Waals surface area (Å²) in [7, 11) is 0. The van der Waals surface area contributed by atoms with Crippen LogP contribution in [-0.4, -0.2) is 52.8 Å². The molecule has 0 heterocycles. The summed E-state index contributed by atoms with van der Waals surface area (Å²) in [6, 6.07) is 0. The lowest BCUT2D eigenvalue weighted by Crippen LogP contribution is -2.16. The summed E-state index contributed by atoms with van der Waals surface area (Å²) in [4.78, 5) is 22.2. The van der Waals surface area contributed by atoms with Gasteiger partial charge in [0.2, 0.25) is 0 Å². The van der Waals surface area contributed by atoms with Crippen molar-refractivity contribution in [2.24, 2.45) is 0 Å². The first-order valence-corrected chi connectivity index (χ1v) is 6.29. The van der Waals surface area contributed by atoms with Gasteiger partial charge in [-0.1, -0.05) is 0 Å². The van der Waals surface area contributed by atoms with Crippen LogP contribution < -0.4 is 0 Å². The SMILES string of the molecule is CCOC(=O)CCC(=O)CSCC(O)CO. The van der Waals surface area contributed by atoms with Crippen LogP contribution in [0.25, 0.3) is 0 Å². The molecule has 5 nitrogen and oxygen atoms in total. The summed E-state index contributed by atoms with van der Waals surface area (Å²) < 4.78 is 4.68. The molecular weight excluding hydrogens is 232 g/mol. The molecule has 0 aromatic heterocycles. The predicted octanol–water partition coefficient (Wildman–Crippen LogP) is -0.0148. The Bertz CT molecular complexity index is 219. The fourth-order valence-electron chi connectivity index (χ4n) is 0.908. The molecule has 0 fully saturated rings. The van der Waals surface area contributed by atoms with Crippen molar-refractivity contribution in [1.29, 1.82) is 0 Å². The van der Waals surface area contributed by atoms with Crippen LogP contribution >= 0.6 is 11.8 Å². The number of hydrogen-bond acceptors (Lipinski definition) is 6. The van der Waals surface area contributed by atoms with E-state index in [-0.39, 0.29) is 37.0 Å². The van der Waals surface area contributed by atoms with Crippen LogP contribution in [0.4, 0.5) is 0 Å². The van der Waals surface area contributed by atoms with Gasteiger partial charge in [-0.2, -0.15) is 11.8 Å². The topological polar surface area (TPSA) is 83.8 Å². The first kappa shape index (κ1) is 15.4. The minimum atomic E-state index is -0.789. The van der Waals surface area contributed by atoms with Gasteiger partial charge in [0.15, 0.2) is 0 Å². The molecule has 0 bridgehead atoms. The van der Waals surface area contributed by atoms with E-state index in [2.05, 4.69) is 4.74 Å². The molecule has 0 aliphatic carbocycles. The van der Waals surface area contributed by atoms with E-state index in [0.717, 1.165) is 0 Å². The molecule has 0 amide bonds. The van der Waals surface area contributed by atoms with Gasteiger partial charge in [0.05, 0.1) is 31.5 Å². The van der Waals surface area contributed by atoms with Crippen LogP contribution in [0.5, 0.6) is 0 Å². The summed E-state index contributed by atoms with van der Waals surface area (Å²) in [5.41, 5.74) is 0. The third-order valence-electron chi connectivity index (χ3n) is 1.70. The Kier molecular flexibility index (Phi) is 9.27. The summed E-state index contributed by atoms with van der Waals surface area (Å²) in [6.45, 7) is 1.74. The van der Waals surface area contributed by atoms with Crippen LogP contribution in [0.15, 0.2) is 0 Å². The molecule has 0 aliphatic rings. The van der Waals surface area contributed by atoms with Crippen molar-refractivity contribution in [3.05, 3.63) is 0 Å². The summed E-state index contributed by atoms with van der Waals surface area (Å²) in [6.07, 6.45) is -0.514. The number of aliphatic hydroxyl groups excluding tert-OH is 2. The lowest BCUT2D eigenvalue weighted by atomic mass is 10.2. The summed E-state index contributed by atoms with van der Waals surface area (Å²) in [5, 5.41) is 17.5. The van der Waals surface area contributed by atoms with Crippen molar-refractivity contribution in [1.82, 2.24) is 0 Å². The molecule has 1 atom stereocenters. The van der Waals surface area contributed by atoms with Gasteiger partial charge in [0.1, 0.15) is 5.78 Å². The zero-order valence-electron chi connectivity index (χ0n) is 9.35. The van der Waals surface area contributed by atoms with E-state index in [9.17, 15) is 9.59 Å². The molecule has 0 aliphatic heterocycles. The Hall–Kier alpha value is -0.590. The second-order valence-electron chi connectivity index (χ2n) is 3.20. The standard InChI is InChI=1S/C10H18O5S/c1-2-15-10(14)4-3-8(12)6-16-7-9(13)5-11/h9,11,13H,2-7H2,1H3. The molecular formula is C10H18O5S. The van der Waals surface area contributed by atoms with E-state index in [4.69, 9.17) is 10.2 Å². The smallest absolute Gasteiger partial charge is 0.306 e. The molecule has 0 aromatic rings. The zero-order valence-corrected chi connectivity index (χ0v) is 10.2. The summed E-state index contributed by atoms with van der Waals surface area (Å²) >= 11 is 1.25. The fraction of sp³-hybridized carbons (Fsp3) is 0.800. The van der Waals surface area contributed by atoms with Crippen molar-refractivity contribution >= 4 is 23.5 Å². The maximum atomic E-state index is 11.2. The van der Waals surface area contributed by atoms with Gasteiger partial charge < -0.3 is 14.9 Å². The van der Waals surface area contributed by atoms with Crippen molar-refractivity contribution in [3.8, 4) is 0 Å². The van der Waals surface area contributed by atoms with E-state index in [0.29, 0.717) is 12.4 Å². The second kappa shape index (κ2) is 9.62. The van der Waals surface area contributed by atoms with Gasteiger partial charge in [-0.05, 0) is 6.92 Å². The zero-order chi connectivity index (χ0) is 12.4. The van der Waals surface area contributed by atoms with E-state index in [1.165, 1.54) is 11.8 Å². The van der Waals surface area contributed by atoms with Crippen molar-refractivity contribution in [3.63, 3.8) is 0 Å². The maximum Gasteiger partial charge on any atom is 0.306 e. The Morgan fingerprint density at radius 2 is 2.06 bits per heavy atom. The maximum absolute atomic E-state index is 11.2. The number of esters is 1. The van der Waals surface area contributed by atoms with Crippen LogP contribution in [0, 0.1) is 0 Å². The number of carbonyl (C=O) groups is 2. The molecule has 0 spiro atoms. The molecule has 0 saturated heterocycles. The highest BCUT2D eigenvalue weighted by Gasteiger charge is 2.09. The number of hydrogen-bond donors (Lipinski definition) is 2. The second-order valence-corrected chi connectivity index (χ2v) is 4.23. The Morgan fingerprint density at radius 1 is 1.38 bits per heavy atom. The van der Waals surface area contributed by atoms with Gasteiger partial charge in [0, 0.05) is 12.2 Å². The van der Waals surface area contributed by atoms with Crippen molar-refractivity contribution < 1.29 is 24.5 Å². The fourth-order valence-corrected chi connectivity index (χ4v) is 1.78. The van der Waals surface area contributed by atoms with E-state index < -0.39 is 6.10 Å². The van der Waals surface area contributed by atoms with Crippen LogP contribution in [0.1, 0.15) is 19.8 Å². The van der Waals surface area contributed by atoms with E-state index >= 15 is 0 Å². The third-order valence-corrected chi connectivity index (χ3v) is 2.84. The minimum absolute atomic E-state index is 0.0526. The molecule has 0 saturated carbocycles. The van der Waals surface area contributed by atoms with Gasteiger partial charge in [0.25, 0.3) is 0 Å². The molecule has 1 unspecified atom stereocenters. The molecule has 0 rings (SSSR count). The predicted molar refractivity (Wildman–Crippen MR) is 61.3 cm³/mol. The number of ether oxygens (including phenoxy) is 1. The normalized spacial score (nSPS) is 12.2. The Balaban J connectivity index is 3.48. The highest BCUT2D eigenvalue weighted by Crippen LogP contribution is 2.05. The molecule has 2 N–H and O–H groups in total. The first-order chi connectivity index (χ1) is 7.60. The highest BCUT2D eigenvalue weighted by molar-refractivity contribution is 7.99. The van der Waals surface area contributed by atoms with Crippen LogP contribution in [-0.2, 0) is 14.3 Å². The van der Waals surface area contributed by atoms with Gasteiger partial charge in [-0.3, -0.25) is 9.59 Å². The summed E-state index contributed by atoms with van der Waals surface area (Å²) in [5.74, 6) is 0.150. The minimum Gasteiger partial charge on any atom is -0.466 e. The average Bonchev–Trinajstić information content (AvgIpc) is 2.26. The lowest BCUT2D eigenvalue weighted by Gasteiger charge is -2.05. The van der Waals surface area contributed by atoms with Gasteiger partial charge in [-0.25, -0.2) is 0 Å². The Morgan fingerprint density at radius 3 is 2.62 bits per heavy atom. The largest absolute Gasteiger partial charge is 0.466 e. The van der Waals surface area contributed by atoms with Crippen LogP contribution in [0.3, 0.4) is 0 Å². The number of rotatable bonds is 9. The number of Topliss-reactive ketones (excluding diaryl/α,β-unsaturated/α-hetero) is 1. The van der Waals surface area contributed by atoms with E-state index in [1.807, 2.05) is 0 Å². The van der Waals surface area contributed by atoms with Crippen LogP contribution in [0.2, 0.25) is 0 Å². The Labute approximate surface area is 99.2 Å². The number of carbonyl (C=O) groups excluding carboxylic acids is 2. The quantitative estimate of drug-likeness (QED) is 0.560. The first-order valence-electron chi connectivity index (χ1n) is 5.14. The third kappa shape index (κ3) is 8.70. The highest BCUT2D eigenvalue weighted by atomic mass is 32.2. The molecule has 16 heavy (non-hydrogen) atoms. The van der Waals surface area contributed by atoms with E-state index in [1.54, 1.807) is 6.92 Å². The number of ketones is 1. The van der Waals surface area contributed by atoms with Crippen molar-refractivity contribution in [2.75, 3.05) is 24.7 Å². The monoisotopic (exact) mass is 250 g/mol. The molecule has 6 heteroatoms. The molecule has 0 radical (unpaired) electrons. The van der Waals surface area contributed by atoms with Gasteiger partial charge in [-0.15, -0.1) is 0 Å². The lowest BCUT2D eigenvalue weighted by molar-refractivity contribution is -0.144. The van der Waals surface area contributed by atoms with Crippen molar-refractivity contribution in [2.45, 2.75) is 25.9 Å². The molecule has 94 valence electrons. The molecule has 0 aromatic carbocycles. The number of thioether (sulfide) groups is 1. The van der Waals surface area contributed by atoms with Gasteiger partial charge >= 0.3 is 5.97 Å².